The number of amides is 1. The number of nitrogens with one attached hydrogen (secondary N) is 1. The quantitative estimate of drug-likeness (QED) is 0.501. The van der Waals surface area contributed by atoms with Gasteiger partial charge >= 0.3 is 0 Å². The van der Waals surface area contributed by atoms with Gasteiger partial charge in [-0.15, -0.1) is 0 Å². The highest BCUT2D eigenvalue weighted by Crippen LogP contribution is 2.17. The summed E-state index contributed by atoms with van der Waals surface area (Å²) in [6.07, 6.45) is 2.32. The minimum absolute atomic E-state index is 0.0106. The summed E-state index contributed by atoms with van der Waals surface area (Å²) in [7, 11) is 0. The van der Waals surface area contributed by atoms with Crippen molar-refractivity contribution in [2.45, 2.75) is 26.8 Å². The third-order valence-electron chi connectivity index (χ3n) is 5.37. The number of carbonyl (C=O) groups is 1. The third-order valence-corrected chi connectivity index (χ3v) is 5.62. The summed E-state index contributed by atoms with van der Waals surface area (Å²) in [6, 6.07) is 16.8. The molecule has 0 radical (unpaired) electrons. The minimum atomic E-state index is -0.194. The molecule has 4 aromatic rings. The van der Waals surface area contributed by atoms with Gasteiger partial charge in [0.2, 0.25) is 5.91 Å². The zero-order valence-corrected chi connectivity index (χ0v) is 18.2. The Morgan fingerprint density at radius 2 is 1.84 bits per heavy atom. The van der Waals surface area contributed by atoms with Crippen molar-refractivity contribution in [1.82, 2.24) is 19.7 Å². The average Bonchev–Trinajstić information content (AvgIpc) is 3.03. The minimum Gasteiger partial charge on any atom is -0.354 e. The van der Waals surface area contributed by atoms with E-state index in [9.17, 15) is 9.59 Å². The Morgan fingerprint density at radius 3 is 2.58 bits per heavy atom. The number of rotatable bonds is 6. The molecule has 0 bridgehead atoms. The SMILES string of the molecule is Cc1ccc(-n2c(=O)c3cccnc3n2CC(=O)NCCc2ccc(Cl)cc2)cc1C. The summed E-state index contributed by atoms with van der Waals surface area (Å²) in [5.41, 5.74) is 4.29. The maximum absolute atomic E-state index is 13.1. The van der Waals surface area contributed by atoms with E-state index < -0.39 is 0 Å². The predicted octanol–water partition coefficient (Wildman–Crippen LogP) is 3.82. The fourth-order valence-electron chi connectivity index (χ4n) is 3.54. The summed E-state index contributed by atoms with van der Waals surface area (Å²) in [6.45, 7) is 4.50. The third kappa shape index (κ3) is 4.39. The molecule has 1 N–H and O–H groups in total. The lowest BCUT2D eigenvalue weighted by Crippen LogP contribution is -2.32. The van der Waals surface area contributed by atoms with Crippen LogP contribution >= 0.6 is 11.6 Å². The van der Waals surface area contributed by atoms with E-state index in [-0.39, 0.29) is 18.0 Å². The highest BCUT2D eigenvalue weighted by atomic mass is 35.5. The van der Waals surface area contributed by atoms with Crippen LogP contribution in [0.15, 0.2) is 65.6 Å². The number of aryl methyl sites for hydroxylation is 2. The van der Waals surface area contributed by atoms with Gasteiger partial charge in [-0.05, 0) is 73.4 Å². The molecule has 0 aliphatic rings. The summed E-state index contributed by atoms with van der Waals surface area (Å²) in [4.78, 5) is 30.2. The van der Waals surface area contributed by atoms with Gasteiger partial charge in [0.25, 0.3) is 5.56 Å². The fraction of sp³-hybridized carbons (Fsp3) is 0.208. The molecule has 7 heteroatoms. The molecule has 1 amide bonds. The van der Waals surface area contributed by atoms with Crippen molar-refractivity contribution < 1.29 is 4.79 Å². The monoisotopic (exact) mass is 434 g/mol. The number of halogens is 1. The van der Waals surface area contributed by atoms with E-state index in [1.165, 1.54) is 4.68 Å². The van der Waals surface area contributed by atoms with Crippen molar-refractivity contribution in [3.05, 3.63) is 92.9 Å². The van der Waals surface area contributed by atoms with Crippen molar-refractivity contribution in [2.75, 3.05) is 6.54 Å². The Bertz CT molecular complexity index is 1310. The molecule has 0 saturated heterocycles. The van der Waals surface area contributed by atoms with Crippen molar-refractivity contribution >= 4 is 28.5 Å². The van der Waals surface area contributed by atoms with Crippen LogP contribution < -0.4 is 10.9 Å². The van der Waals surface area contributed by atoms with Gasteiger partial charge in [-0.2, -0.15) is 0 Å². The molecule has 2 aromatic carbocycles. The first-order valence-electron chi connectivity index (χ1n) is 10.1. The van der Waals surface area contributed by atoms with Crippen LogP contribution in [0.25, 0.3) is 16.7 Å². The van der Waals surface area contributed by atoms with Crippen molar-refractivity contribution in [3.8, 4) is 5.69 Å². The van der Waals surface area contributed by atoms with E-state index in [0.29, 0.717) is 34.7 Å². The largest absolute Gasteiger partial charge is 0.354 e. The Hall–Kier alpha value is -3.38. The highest BCUT2D eigenvalue weighted by Gasteiger charge is 2.18. The van der Waals surface area contributed by atoms with Gasteiger partial charge < -0.3 is 5.32 Å². The number of carbonyl (C=O) groups excluding carboxylic acids is 1. The molecule has 0 aliphatic carbocycles. The van der Waals surface area contributed by atoms with Crippen LogP contribution in [0, 0.1) is 13.8 Å². The molecule has 0 aliphatic heterocycles. The van der Waals surface area contributed by atoms with E-state index in [0.717, 1.165) is 16.7 Å². The zero-order chi connectivity index (χ0) is 22.0. The molecule has 0 fully saturated rings. The van der Waals surface area contributed by atoms with Crippen molar-refractivity contribution in [3.63, 3.8) is 0 Å². The Morgan fingerprint density at radius 1 is 1.06 bits per heavy atom. The second kappa shape index (κ2) is 8.78. The summed E-state index contributed by atoms with van der Waals surface area (Å²) in [5, 5.41) is 4.10. The smallest absolute Gasteiger partial charge is 0.280 e. The van der Waals surface area contributed by atoms with Gasteiger partial charge in [-0.3, -0.25) is 14.3 Å². The first-order chi connectivity index (χ1) is 14.9. The van der Waals surface area contributed by atoms with E-state index >= 15 is 0 Å². The maximum atomic E-state index is 13.1. The van der Waals surface area contributed by atoms with Gasteiger partial charge in [0, 0.05) is 17.8 Å². The zero-order valence-electron chi connectivity index (χ0n) is 17.4. The van der Waals surface area contributed by atoms with Crippen LogP contribution in [0.4, 0.5) is 0 Å². The molecule has 2 heterocycles. The molecule has 31 heavy (non-hydrogen) atoms. The van der Waals surface area contributed by atoms with Gasteiger partial charge in [-0.25, -0.2) is 9.67 Å². The summed E-state index contributed by atoms with van der Waals surface area (Å²) in [5.74, 6) is -0.186. The number of nitrogens with zero attached hydrogens (tertiary/aromatic N) is 3. The lowest BCUT2D eigenvalue weighted by atomic mass is 10.1. The number of aromatic nitrogens is 3. The highest BCUT2D eigenvalue weighted by molar-refractivity contribution is 6.30. The summed E-state index contributed by atoms with van der Waals surface area (Å²) < 4.78 is 3.17. The van der Waals surface area contributed by atoms with Crippen LogP contribution in [-0.4, -0.2) is 26.8 Å². The van der Waals surface area contributed by atoms with Crippen LogP contribution in [0.1, 0.15) is 16.7 Å². The number of hydrogen-bond acceptors (Lipinski definition) is 3. The lowest BCUT2D eigenvalue weighted by molar-refractivity contribution is -0.121. The molecular formula is C24H23ClN4O2. The fourth-order valence-corrected chi connectivity index (χ4v) is 3.66. The Balaban J connectivity index is 1.60. The molecule has 158 valence electrons. The van der Waals surface area contributed by atoms with Crippen molar-refractivity contribution in [1.29, 1.82) is 0 Å². The van der Waals surface area contributed by atoms with Crippen LogP contribution in [-0.2, 0) is 17.8 Å². The van der Waals surface area contributed by atoms with Crippen LogP contribution in [0.2, 0.25) is 5.02 Å². The average molecular weight is 435 g/mol. The molecule has 2 aromatic heterocycles. The molecule has 0 saturated carbocycles. The Kier molecular flexibility index (Phi) is 5.91. The van der Waals surface area contributed by atoms with Gasteiger partial charge in [0.05, 0.1) is 11.1 Å². The second-order valence-corrected chi connectivity index (χ2v) is 7.98. The van der Waals surface area contributed by atoms with Crippen LogP contribution in [0.3, 0.4) is 0 Å². The standard InChI is InChI=1S/C24H23ClN4O2/c1-16-5-10-20(14-17(16)2)29-24(31)21-4-3-12-27-23(21)28(29)15-22(30)26-13-11-18-6-8-19(25)9-7-18/h3-10,12,14H,11,13,15H2,1-2H3,(H,26,30). The molecule has 0 spiro atoms. The van der Waals surface area contributed by atoms with E-state index in [1.807, 2.05) is 56.3 Å². The van der Waals surface area contributed by atoms with Crippen LogP contribution in [0.5, 0.6) is 0 Å². The number of pyridine rings is 1. The summed E-state index contributed by atoms with van der Waals surface area (Å²) >= 11 is 5.91. The normalized spacial score (nSPS) is 11.1. The number of fused-ring (bicyclic) bond motifs is 1. The first kappa shape index (κ1) is 20.9. The second-order valence-electron chi connectivity index (χ2n) is 7.54. The topological polar surface area (TPSA) is 68.9 Å². The van der Waals surface area contributed by atoms with E-state index in [1.54, 1.807) is 23.0 Å². The van der Waals surface area contributed by atoms with Gasteiger partial charge in [0.15, 0.2) is 5.65 Å². The molecule has 0 atom stereocenters. The predicted molar refractivity (Wildman–Crippen MR) is 123 cm³/mol. The van der Waals surface area contributed by atoms with Gasteiger partial charge in [0.1, 0.15) is 6.54 Å². The van der Waals surface area contributed by atoms with Gasteiger partial charge in [-0.1, -0.05) is 29.8 Å². The maximum Gasteiger partial charge on any atom is 0.280 e. The van der Waals surface area contributed by atoms with Crippen molar-refractivity contribution in [2.24, 2.45) is 0 Å². The lowest BCUT2D eigenvalue weighted by Gasteiger charge is -2.13. The first-order valence-corrected chi connectivity index (χ1v) is 10.5. The Labute approximate surface area is 185 Å². The number of benzene rings is 2. The molecule has 6 nitrogen and oxygen atoms in total. The molecular weight excluding hydrogens is 412 g/mol. The number of hydrogen-bond donors (Lipinski definition) is 1. The van der Waals surface area contributed by atoms with E-state index in [2.05, 4.69) is 10.3 Å². The molecule has 4 rings (SSSR count). The van der Waals surface area contributed by atoms with E-state index in [4.69, 9.17) is 11.6 Å². The molecule has 0 unspecified atom stereocenters.